The van der Waals surface area contributed by atoms with Crippen LogP contribution >= 0.6 is 0 Å². The molecular weight excluding hydrogens is 368 g/mol. The van der Waals surface area contributed by atoms with Crippen LogP contribution in [0.4, 0.5) is 0 Å². The van der Waals surface area contributed by atoms with Crippen molar-refractivity contribution in [1.29, 1.82) is 0 Å². The van der Waals surface area contributed by atoms with Gasteiger partial charge in [0.05, 0.1) is 11.1 Å². The predicted octanol–water partition coefficient (Wildman–Crippen LogP) is -0.289. The molecule has 0 fully saturated rings. The first kappa shape index (κ1) is 22.7. The summed E-state index contributed by atoms with van der Waals surface area (Å²) in [6.07, 6.45) is 0. The topological polar surface area (TPSA) is 152 Å². The summed E-state index contributed by atoms with van der Waals surface area (Å²) in [5, 5.41) is 38.1. The Labute approximate surface area is 163 Å². The zero-order chi connectivity index (χ0) is 15.1. The van der Waals surface area contributed by atoms with Crippen LogP contribution in [0.1, 0.15) is 20.7 Å². The molecule has 2 aromatic carbocycles. The van der Waals surface area contributed by atoms with E-state index in [9.17, 15) is 19.8 Å². The Kier molecular flexibility index (Phi) is 11.4. The van der Waals surface area contributed by atoms with Crippen LogP contribution in [0.25, 0.3) is 0 Å². The minimum Gasteiger partial charge on any atom is -0.872 e. The van der Waals surface area contributed by atoms with E-state index in [0.717, 1.165) is 0 Å². The first-order valence-corrected chi connectivity index (χ1v) is 5.42. The second kappa shape index (κ2) is 11.0. The molecule has 0 amide bonds. The summed E-state index contributed by atoms with van der Waals surface area (Å²) >= 11 is 0. The van der Waals surface area contributed by atoms with E-state index in [4.69, 9.17) is 10.2 Å². The number of hydrogen-bond donors (Lipinski definition) is 2. The second-order valence-electron chi connectivity index (χ2n) is 3.60. The molecule has 8 heteroatoms. The molecule has 112 valence electrons. The van der Waals surface area contributed by atoms with Gasteiger partial charge in [-0.3, -0.25) is 0 Å². The van der Waals surface area contributed by atoms with Crippen LogP contribution in [0.15, 0.2) is 48.5 Å². The molecule has 2 rings (SSSR count). The van der Waals surface area contributed by atoms with Crippen molar-refractivity contribution < 1.29 is 35.5 Å². The third-order valence-corrected chi connectivity index (χ3v) is 2.23. The summed E-state index contributed by atoms with van der Waals surface area (Å²) in [5.41, 5.74) is -0.356. The van der Waals surface area contributed by atoms with Crippen molar-refractivity contribution >= 4 is 57.4 Å². The summed E-state index contributed by atoms with van der Waals surface area (Å²) in [4.78, 5) is 20.4. The fraction of sp³-hybridized carbons (Fsp3) is 0. The zero-order valence-electron chi connectivity index (χ0n) is 11.4. The van der Waals surface area contributed by atoms with E-state index in [2.05, 4.69) is 0 Å². The van der Waals surface area contributed by atoms with Crippen molar-refractivity contribution in [3.63, 3.8) is 0 Å². The first-order valence-electron chi connectivity index (χ1n) is 5.42. The molecule has 0 unspecified atom stereocenters. The molecule has 0 aliphatic carbocycles. The van der Waals surface area contributed by atoms with Crippen LogP contribution in [0.5, 0.6) is 11.5 Å². The fourth-order valence-corrected chi connectivity index (χ4v) is 1.29. The van der Waals surface area contributed by atoms with Crippen LogP contribution in [0, 0.1) is 0 Å². The molecule has 0 atom stereocenters. The molecule has 0 saturated heterocycles. The van der Waals surface area contributed by atoms with Crippen molar-refractivity contribution in [3.8, 4) is 11.5 Å². The van der Waals surface area contributed by atoms with E-state index in [1.165, 1.54) is 48.5 Å². The molecule has 0 aromatic heterocycles. The molecule has 0 spiro atoms. The SMILES string of the molecule is O.O=C(O)c1ccccc1[O-].O=C(O)c1ccccc1[O-].[Sr+2]. The van der Waals surface area contributed by atoms with Gasteiger partial charge in [0.2, 0.25) is 0 Å². The van der Waals surface area contributed by atoms with Crippen molar-refractivity contribution in [2.45, 2.75) is 0 Å². The first-order chi connectivity index (χ1) is 9.43. The van der Waals surface area contributed by atoms with Gasteiger partial charge in [0.25, 0.3) is 0 Å². The summed E-state index contributed by atoms with van der Waals surface area (Å²) in [7, 11) is 0. The third-order valence-electron chi connectivity index (χ3n) is 2.23. The summed E-state index contributed by atoms with van der Waals surface area (Å²) < 4.78 is 0. The minimum atomic E-state index is -1.18. The van der Waals surface area contributed by atoms with Gasteiger partial charge in [-0.25, -0.2) is 9.59 Å². The van der Waals surface area contributed by atoms with Crippen molar-refractivity contribution in [2.24, 2.45) is 0 Å². The second-order valence-corrected chi connectivity index (χ2v) is 3.60. The van der Waals surface area contributed by atoms with E-state index in [-0.39, 0.29) is 62.1 Å². The van der Waals surface area contributed by atoms with Crippen LogP contribution < -0.4 is 10.2 Å². The van der Waals surface area contributed by atoms with Crippen molar-refractivity contribution in [3.05, 3.63) is 59.7 Å². The molecule has 0 bridgehead atoms. The Morgan fingerprint density at radius 3 is 1.18 bits per heavy atom. The maximum atomic E-state index is 10.7. The number of benzene rings is 2. The molecule has 2 aromatic rings. The standard InChI is InChI=1S/2C7H6O3.H2O.Sr/c2*8-6-4-2-1-3-5(6)7(9)10;;/h2*1-4,8H,(H,9,10);1H2;/q;;;+2/p-2. The molecule has 7 nitrogen and oxygen atoms in total. The van der Waals surface area contributed by atoms with Gasteiger partial charge in [-0.1, -0.05) is 47.9 Å². The molecule has 4 N–H and O–H groups in total. The largest absolute Gasteiger partial charge is 2.00 e. The van der Waals surface area contributed by atoms with E-state index in [0.29, 0.717) is 0 Å². The molecule has 0 heterocycles. The zero-order valence-corrected chi connectivity index (χ0v) is 14.8. The number of para-hydroxylation sites is 2. The van der Waals surface area contributed by atoms with Gasteiger partial charge < -0.3 is 25.9 Å². The van der Waals surface area contributed by atoms with Gasteiger partial charge in [0, 0.05) is 0 Å². The third kappa shape index (κ3) is 6.92. The fourth-order valence-electron chi connectivity index (χ4n) is 1.29. The van der Waals surface area contributed by atoms with Crippen LogP contribution in [0.2, 0.25) is 0 Å². The van der Waals surface area contributed by atoms with Gasteiger partial charge >= 0.3 is 57.4 Å². The maximum absolute atomic E-state index is 10.7. The van der Waals surface area contributed by atoms with Gasteiger partial charge in [-0.15, -0.1) is 0 Å². The summed E-state index contributed by atoms with van der Waals surface area (Å²) in [6, 6.07) is 11.1. The summed E-state index contributed by atoms with van der Waals surface area (Å²) in [6.45, 7) is 0. The number of rotatable bonds is 2. The number of carboxylic acids is 2. The Hall–Kier alpha value is -1.58. The summed E-state index contributed by atoms with van der Waals surface area (Å²) in [5.74, 6) is -3.25. The molecule has 22 heavy (non-hydrogen) atoms. The minimum absolute atomic E-state index is 0. The molecule has 0 aliphatic rings. The quantitative estimate of drug-likeness (QED) is 0.684. The number of carbonyl (C=O) groups is 2. The predicted molar refractivity (Wildman–Crippen MR) is 75.1 cm³/mol. The number of aromatic carboxylic acids is 2. The van der Waals surface area contributed by atoms with Crippen molar-refractivity contribution in [1.82, 2.24) is 0 Å². The Balaban J connectivity index is 0. The van der Waals surface area contributed by atoms with E-state index < -0.39 is 23.4 Å². The van der Waals surface area contributed by atoms with Gasteiger partial charge in [0.1, 0.15) is 0 Å². The Morgan fingerprint density at radius 1 is 0.727 bits per heavy atom. The van der Waals surface area contributed by atoms with Gasteiger partial charge in [-0.2, -0.15) is 0 Å². The van der Waals surface area contributed by atoms with E-state index >= 15 is 0 Å². The van der Waals surface area contributed by atoms with Crippen LogP contribution in [-0.2, 0) is 0 Å². The van der Waals surface area contributed by atoms with Crippen molar-refractivity contribution in [2.75, 3.05) is 0 Å². The average molecular weight is 380 g/mol. The molecule has 0 aliphatic heterocycles. The van der Waals surface area contributed by atoms with E-state index in [1.807, 2.05) is 0 Å². The van der Waals surface area contributed by atoms with Gasteiger partial charge in [0.15, 0.2) is 0 Å². The molecule has 0 saturated carbocycles. The smallest absolute Gasteiger partial charge is 0.872 e. The number of carboxylic acid groups (broad SMARTS) is 2. The average Bonchev–Trinajstić information content (AvgIpc) is 2.40. The monoisotopic (exact) mass is 380 g/mol. The van der Waals surface area contributed by atoms with Crippen LogP contribution in [0.3, 0.4) is 0 Å². The Bertz CT molecular complexity index is 573. The number of hydrogen-bond acceptors (Lipinski definition) is 4. The van der Waals surface area contributed by atoms with Crippen LogP contribution in [-0.4, -0.2) is 73.1 Å². The van der Waals surface area contributed by atoms with Gasteiger partial charge in [-0.05, 0) is 12.1 Å². The molecular formula is C14H12O7Sr. The normalized spacial score (nSPS) is 8.36. The molecule has 0 radical (unpaired) electrons. The Morgan fingerprint density at radius 2 is 1.00 bits per heavy atom. The maximum Gasteiger partial charge on any atom is 2.00 e. The van der Waals surface area contributed by atoms with E-state index in [1.54, 1.807) is 0 Å².